The maximum Gasteiger partial charge on any atom is 0.263 e. The van der Waals surface area contributed by atoms with Crippen LogP contribution in [0.5, 0.6) is 0 Å². The van der Waals surface area contributed by atoms with E-state index in [1.807, 2.05) is 31.2 Å². The van der Waals surface area contributed by atoms with E-state index in [9.17, 15) is 15.2 Å². The number of aliphatic hydroxyl groups is 1. The predicted octanol–water partition coefficient (Wildman–Crippen LogP) is 2.06. The lowest BCUT2D eigenvalue weighted by Gasteiger charge is -2.13. The third-order valence-corrected chi connectivity index (χ3v) is 3.03. The number of rotatable bonds is 6. The van der Waals surface area contributed by atoms with E-state index in [0.717, 1.165) is 17.3 Å². The molecular formula is C12H16N2O3S. The van der Waals surface area contributed by atoms with Crippen molar-refractivity contribution in [3.8, 4) is 0 Å². The maximum atomic E-state index is 10.3. The maximum absolute atomic E-state index is 10.3. The Balaban J connectivity index is 2.60. The standard InChI is InChI=1S/C12H16N2O3S/c1-9-4-3-5-10(6-9)11(15)7-13-12(18-2)8-14(16)17/h3-6,8,11,13,15H,7H2,1-2H3. The molecule has 0 fully saturated rings. The van der Waals surface area contributed by atoms with Gasteiger partial charge in [-0.2, -0.15) is 0 Å². The molecule has 0 radical (unpaired) electrons. The predicted molar refractivity (Wildman–Crippen MR) is 72.7 cm³/mol. The van der Waals surface area contributed by atoms with Gasteiger partial charge in [-0.1, -0.05) is 29.8 Å². The zero-order valence-electron chi connectivity index (χ0n) is 10.3. The van der Waals surface area contributed by atoms with E-state index in [1.54, 1.807) is 6.26 Å². The molecule has 1 rings (SSSR count). The van der Waals surface area contributed by atoms with Crippen LogP contribution in [0.25, 0.3) is 0 Å². The highest BCUT2D eigenvalue weighted by molar-refractivity contribution is 8.02. The smallest absolute Gasteiger partial charge is 0.263 e. The van der Waals surface area contributed by atoms with Crippen molar-refractivity contribution in [2.45, 2.75) is 13.0 Å². The first-order chi connectivity index (χ1) is 8.52. The molecule has 0 saturated carbocycles. The van der Waals surface area contributed by atoms with E-state index in [2.05, 4.69) is 5.32 Å². The summed E-state index contributed by atoms with van der Waals surface area (Å²) in [5, 5.41) is 23.6. The molecule has 0 aliphatic rings. The Morgan fingerprint density at radius 3 is 2.94 bits per heavy atom. The van der Waals surface area contributed by atoms with Gasteiger partial charge in [-0.15, -0.1) is 11.8 Å². The summed E-state index contributed by atoms with van der Waals surface area (Å²) in [6, 6.07) is 7.54. The topological polar surface area (TPSA) is 75.4 Å². The summed E-state index contributed by atoms with van der Waals surface area (Å²) in [6.07, 6.45) is 1.95. The Kier molecular flexibility index (Phi) is 5.67. The highest BCUT2D eigenvalue weighted by atomic mass is 32.2. The summed E-state index contributed by atoms with van der Waals surface area (Å²) in [5.74, 6) is 0. The van der Waals surface area contributed by atoms with E-state index in [1.165, 1.54) is 11.8 Å². The molecule has 2 N–H and O–H groups in total. The molecule has 18 heavy (non-hydrogen) atoms. The Labute approximate surface area is 110 Å². The molecule has 1 aromatic rings. The van der Waals surface area contributed by atoms with Crippen LogP contribution in [0, 0.1) is 17.0 Å². The van der Waals surface area contributed by atoms with Crippen LogP contribution in [-0.2, 0) is 0 Å². The van der Waals surface area contributed by atoms with Gasteiger partial charge >= 0.3 is 0 Å². The largest absolute Gasteiger partial charge is 0.387 e. The zero-order valence-corrected chi connectivity index (χ0v) is 11.1. The number of thioether (sulfide) groups is 1. The zero-order chi connectivity index (χ0) is 13.5. The van der Waals surface area contributed by atoms with Crippen LogP contribution >= 0.6 is 11.8 Å². The first-order valence-corrected chi connectivity index (χ1v) is 6.63. The molecule has 0 aliphatic heterocycles. The van der Waals surface area contributed by atoms with Gasteiger partial charge in [0, 0.05) is 6.54 Å². The summed E-state index contributed by atoms with van der Waals surface area (Å²) in [4.78, 5) is 9.83. The quantitative estimate of drug-likeness (QED) is 0.610. The second kappa shape index (κ2) is 7.03. The molecule has 0 bridgehead atoms. The van der Waals surface area contributed by atoms with Crippen molar-refractivity contribution in [1.29, 1.82) is 0 Å². The monoisotopic (exact) mass is 268 g/mol. The number of hydrogen-bond acceptors (Lipinski definition) is 5. The van der Waals surface area contributed by atoms with Crippen LogP contribution in [0.4, 0.5) is 0 Å². The summed E-state index contributed by atoms with van der Waals surface area (Å²) < 4.78 is 0. The lowest BCUT2D eigenvalue weighted by molar-refractivity contribution is -0.403. The summed E-state index contributed by atoms with van der Waals surface area (Å²) in [5.41, 5.74) is 1.86. The van der Waals surface area contributed by atoms with Crippen molar-refractivity contribution in [2.24, 2.45) is 0 Å². The van der Waals surface area contributed by atoms with Gasteiger partial charge in [-0.25, -0.2) is 0 Å². The van der Waals surface area contributed by atoms with Crippen molar-refractivity contribution in [2.75, 3.05) is 12.8 Å². The Morgan fingerprint density at radius 2 is 2.39 bits per heavy atom. The number of benzene rings is 1. The molecule has 1 unspecified atom stereocenters. The molecular weight excluding hydrogens is 252 g/mol. The van der Waals surface area contributed by atoms with Crippen molar-refractivity contribution in [3.63, 3.8) is 0 Å². The molecule has 0 heterocycles. The van der Waals surface area contributed by atoms with Crippen LogP contribution in [0.3, 0.4) is 0 Å². The highest BCUT2D eigenvalue weighted by Crippen LogP contribution is 2.15. The van der Waals surface area contributed by atoms with Gasteiger partial charge in [-0.3, -0.25) is 10.1 Å². The van der Waals surface area contributed by atoms with E-state index in [-0.39, 0.29) is 6.54 Å². The van der Waals surface area contributed by atoms with Gasteiger partial charge in [0.15, 0.2) is 0 Å². The van der Waals surface area contributed by atoms with Gasteiger partial charge in [0.05, 0.1) is 11.0 Å². The number of hydrogen-bond donors (Lipinski definition) is 2. The van der Waals surface area contributed by atoms with Crippen LogP contribution in [-0.4, -0.2) is 22.8 Å². The minimum Gasteiger partial charge on any atom is -0.387 e. The molecule has 1 atom stereocenters. The molecule has 98 valence electrons. The van der Waals surface area contributed by atoms with Crippen LogP contribution in [0.15, 0.2) is 35.5 Å². The number of nitrogens with zero attached hydrogens (tertiary/aromatic N) is 1. The first kappa shape index (κ1) is 14.5. The molecule has 0 saturated heterocycles. The highest BCUT2D eigenvalue weighted by Gasteiger charge is 2.09. The summed E-state index contributed by atoms with van der Waals surface area (Å²) in [6.45, 7) is 2.19. The number of nitrogens with one attached hydrogen (secondary N) is 1. The summed E-state index contributed by atoms with van der Waals surface area (Å²) in [7, 11) is 0. The first-order valence-electron chi connectivity index (χ1n) is 5.40. The van der Waals surface area contributed by atoms with E-state index >= 15 is 0 Å². The van der Waals surface area contributed by atoms with Crippen LogP contribution < -0.4 is 5.32 Å². The average Bonchev–Trinajstić information content (AvgIpc) is 2.33. The minimum atomic E-state index is -0.688. The average molecular weight is 268 g/mol. The third-order valence-electron chi connectivity index (χ3n) is 2.34. The molecule has 0 spiro atoms. The Hall–Kier alpha value is -1.53. The van der Waals surface area contributed by atoms with Gasteiger partial charge in [0.25, 0.3) is 6.20 Å². The fourth-order valence-electron chi connectivity index (χ4n) is 1.46. The SMILES string of the molecule is CSC(=C[N+](=O)[O-])NCC(O)c1cccc(C)c1. The van der Waals surface area contributed by atoms with Crippen molar-refractivity contribution >= 4 is 11.8 Å². The third kappa shape index (κ3) is 4.77. The van der Waals surface area contributed by atoms with E-state index in [4.69, 9.17) is 0 Å². The van der Waals surface area contributed by atoms with E-state index < -0.39 is 11.0 Å². The van der Waals surface area contributed by atoms with Crippen LogP contribution in [0.1, 0.15) is 17.2 Å². The fourth-order valence-corrected chi connectivity index (χ4v) is 1.88. The summed E-state index contributed by atoms with van der Waals surface area (Å²) >= 11 is 1.24. The van der Waals surface area contributed by atoms with Crippen LogP contribution in [0.2, 0.25) is 0 Å². The number of aryl methyl sites for hydroxylation is 1. The molecule has 0 amide bonds. The number of aliphatic hydroxyl groups excluding tert-OH is 1. The second-order valence-electron chi connectivity index (χ2n) is 3.79. The van der Waals surface area contributed by atoms with Gasteiger partial charge in [-0.05, 0) is 18.7 Å². The fraction of sp³-hybridized carbons (Fsp3) is 0.333. The molecule has 0 aliphatic carbocycles. The Bertz CT molecular complexity index is 449. The van der Waals surface area contributed by atoms with Gasteiger partial charge < -0.3 is 10.4 Å². The molecule has 0 aromatic heterocycles. The van der Waals surface area contributed by atoms with Crippen molar-refractivity contribution in [1.82, 2.24) is 5.32 Å². The van der Waals surface area contributed by atoms with Crippen molar-refractivity contribution in [3.05, 3.63) is 56.7 Å². The van der Waals surface area contributed by atoms with Crippen molar-refractivity contribution < 1.29 is 10.0 Å². The molecule has 1 aromatic carbocycles. The lowest BCUT2D eigenvalue weighted by atomic mass is 10.1. The second-order valence-corrected chi connectivity index (χ2v) is 4.64. The minimum absolute atomic E-state index is 0.240. The number of nitro groups is 1. The van der Waals surface area contributed by atoms with E-state index in [0.29, 0.717) is 5.03 Å². The van der Waals surface area contributed by atoms with Gasteiger partial charge in [0.2, 0.25) is 0 Å². The molecule has 5 nitrogen and oxygen atoms in total. The lowest BCUT2D eigenvalue weighted by Crippen LogP contribution is -2.20. The Morgan fingerprint density at radius 1 is 1.67 bits per heavy atom. The normalized spacial score (nSPS) is 13.2. The molecule has 6 heteroatoms. The van der Waals surface area contributed by atoms with Gasteiger partial charge in [0.1, 0.15) is 5.03 Å².